The summed E-state index contributed by atoms with van der Waals surface area (Å²) < 4.78 is 5.41. The molecule has 1 aliphatic heterocycles. The van der Waals surface area contributed by atoms with Crippen molar-refractivity contribution in [3.63, 3.8) is 0 Å². The number of benzene rings is 3. The molecule has 3 N–H and O–H groups in total. The molecule has 7 nitrogen and oxygen atoms in total. The topological polar surface area (TPSA) is 102 Å². The lowest BCUT2D eigenvalue weighted by Crippen LogP contribution is -2.47. The lowest BCUT2D eigenvalue weighted by atomic mass is 10.00. The number of carbonyl (C=O) groups is 3. The van der Waals surface area contributed by atoms with Crippen LogP contribution < -0.4 is 11.1 Å². The van der Waals surface area contributed by atoms with E-state index in [0.29, 0.717) is 11.1 Å². The van der Waals surface area contributed by atoms with Crippen LogP contribution >= 0.6 is 0 Å². The average molecular weight is 498 g/mol. The molecular formula is C30H31N3O4. The minimum absolute atomic E-state index is 0.170. The highest BCUT2D eigenvalue weighted by Gasteiger charge is 2.26. The van der Waals surface area contributed by atoms with Gasteiger partial charge in [0.05, 0.1) is 13.2 Å². The molecule has 3 aromatic rings. The van der Waals surface area contributed by atoms with Crippen molar-refractivity contribution in [3.05, 3.63) is 107 Å². The van der Waals surface area contributed by atoms with Gasteiger partial charge in [-0.15, -0.1) is 0 Å². The monoisotopic (exact) mass is 497 g/mol. The second kappa shape index (κ2) is 12.8. The van der Waals surface area contributed by atoms with Crippen molar-refractivity contribution >= 4 is 29.7 Å². The Morgan fingerprint density at radius 2 is 1.54 bits per heavy atom. The number of primary amides is 1. The van der Waals surface area contributed by atoms with E-state index in [1.807, 2.05) is 54.6 Å². The number of Topliss-reactive ketones (excluding diaryl/α,β-unsaturated/α-hetero) is 1. The number of hydrogen-bond acceptors (Lipinski definition) is 5. The summed E-state index contributed by atoms with van der Waals surface area (Å²) in [7, 11) is 0. The summed E-state index contributed by atoms with van der Waals surface area (Å²) >= 11 is 0. The van der Waals surface area contributed by atoms with Crippen molar-refractivity contribution in [1.29, 1.82) is 0 Å². The first-order valence-corrected chi connectivity index (χ1v) is 12.3. The van der Waals surface area contributed by atoms with Crippen LogP contribution in [0.1, 0.15) is 32.6 Å². The summed E-state index contributed by atoms with van der Waals surface area (Å²) in [6.07, 6.45) is 3.98. The van der Waals surface area contributed by atoms with Crippen LogP contribution in [-0.2, 0) is 27.3 Å². The van der Waals surface area contributed by atoms with Gasteiger partial charge in [0.2, 0.25) is 5.78 Å². The molecule has 1 aliphatic rings. The Balaban J connectivity index is 1.45. The minimum atomic E-state index is -1.08. The number of nitrogens with zero attached hydrogens (tertiary/aromatic N) is 1. The van der Waals surface area contributed by atoms with Crippen LogP contribution in [0.3, 0.4) is 0 Å². The molecule has 1 atom stereocenters. The zero-order chi connectivity index (χ0) is 26.0. The number of rotatable bonds is 10. The van der Waals surface area contributed by atoms with Gasteiger partial charge in [0.15, 0.2) is 0 Å². The van der Waals surface area contributed by atoms with Crippen LogP contribution in [0.4, 0.5) is 0 Å². The largest absolute Gasteiger partial charge is 0.379 e. The first-order chi connectivity index (χ1) is 18.0. The standard InChI is InChI=1S/C30H31N3O4/c31-29(35)28(34)27(20-23-6-2-1-3-7-23)32-30(36)26-9-5-4-8-25(26)15-14-22-10-12-24(13-11-22)21-33-16-18-37-19-17-33/h1-15,27H,16-21H2,(H2,31,35)(H,32,36). The van der Waals surface area contributed by atoms with Gasteiger partial charge in [0.1, 0.15) is 6.04 Å². The SMILES string of the molecule is NC(=O)C(=O)C(Cc1ccccc1)NC(=O)c1ccccc1C=Cc1ccc(CN2CCOCC2)cc1. The van der Waals surface area contributed by atoms with E-state index in [2.05, 4.69) is 34.5 Å². The van der Waals surface area contributed by atoms with Gasteiger partial charge in [-0.1, -0.05) is 84.9 Å². The molecule has 37 heavy (non-hydrogen) atoms. The molecule has 0 saturated carbocycles. The van der Waals surface area contributed by atoms with Crippen LogP contribution in [0.15, 0.2) is 78.9 Å². The van der Waals surface area contributed by atoms with Gasteiger partial charge in [-0.2, -0.15) is 0 Å². The van der Waals surface area contributed by atoms with Gasteiger partial charge < -0.3 is 15.8 Å². The Morgan fingerprint density at radius 1 is 0.865 bits per heavy atom. The van der Waals surface area contributed by atoms with Gasteiger partial charge in [-0.25, -0.2) is 0 Å². The molecule has 2 amide bonds. The predicted molar refractivity (Wildman–Crippen MR) is 144 cm³/mol. The van der Waals surface area contributed by atoms with Gasteiger partial charge >= 0.3 is 0 Å². The lowest BCUT2D eigenvalue weighted by Gasteiger charge is -2.26. The normalized spacial score (nSPS) is 14.8. The van der Waals surface area contributed by atoms with Crippen molar-refractivity contribution in [2.24, 2.45) is 5.73 Å². The third-order valence-corrected chi connectivity index (χ3v) is 6.30. The molecule has 0 aliphatic carbocycles. The summed E-state index contributed by atoms with van der Waals surface area (Å²) in [5.41, 5.74) is 9.41. The van der Waals surface area contributed by atoms with E-state index in [1.165, 1.54) is 5.56 Å². The third kappa shape index (κ3) is 7.46. The molecule has 4 rings (SSSR count). The molecule has 1 fully saturated rings. The molecular weight excluding hydrogens is 466 g/mol. The number of ether oxygens (including phenoxy) is 1. The molecule has 1 heterocycles. The maximum atomic E-state index is 13.2. The zero-order valence-corrected chi connectivity index (χ0v) is 20.6. The average Bonchev–Trinajstić information content (AvgIpc) is 2.93. The van der Waals surface area contributed by atoms with Gasteiger partial charge in [0, 0.05) is 31.6 Å². The predicted octanol–water partition coefficient (Wildman–Crippen LogP) is 3.08. The smallest absolute Gasteiger partial charge is 0.287 e. The van der Waals surface area contributed by atoms with E-state index < -0.39 is 23.6 Å². The Bertz CT molecular complexity index is 1250. The molecule has 3 aromatic carbocycles. The second-order valence-electron chi connectivity index (χ2n) is 8.99. The molecule has 7 heteroatoms. The number of nitrogens with one attached hydrogen (secondary N) is 1. The van der Waals surface area contributed by atoms with Crippen molar-refractivity contribution < 1.29 is 19.1 Å². The van der Waals surface area contributed by atoms with E-state index in [4.69, 9.17) is 10.5 Å². The molecule has 1 saturated heterocycles. The maximum Gasteiger partial charge on any atom is 0.287 e. The van der Waals surface area contributed by atoms with Gasteiger partial charge in [-0.3, -0.25) is 19.3 Å². The summed E-state index contributed by atoms with van der Waals surface area (Å²) in [4.78, 5) is 39.6. The number of morpholine rings is 1. The highest BCUT2D eigenvalue weighted by molar-refractivity contribution is 6.38. The summed E-state index contributed by atoms with van der Waals surface area (Å²) in [5, 5.41) is 2.71. The number of amides is 2. The Hall–Kier alpha value is -4.07. The first kappa shape index (κ1) is 26.0. The Kier molecular flexibility index (Phi) is 8.97. The highest BCUT2D eigenvalue weighted by atomic mass is 16.5. The number of ketones is 1. The number of nitrogens with two attached hydrogens (primary N) is 1. The van der Waals surface area contributed by atoms with Crippen LogP contribution in [0, 0.1) is 0 Å². The zero-order valence-electron chi connectivity index (χ0n) is 20.6. The molecule has 0 bridgehead atoms. The fourth-order valence-corrected chi connectivity index (χ4v) is 4.25. The summed E-state index contributed by atoms with van der Waals surface area (Å²) in [6, 6.07) is 23.6. The second-order valence-corrected chi connectivity index (χ2v) is 8.99. The molecule has 1 unspecified atom stereocenters. The highest BCUT2D eigenvalue weighted by Crippen LogP contribution is 2.16. The minimum Gasteiger partial charge on any atom is -0.379 e. The molecule has 190 valence electrons. The van der Waals surface area contributed by atoms with E-state index in [-0.39, 0.29) is 6.42 Å². The maximum absolute atomic E-state index is 13.2. The Labute approximate surface area is 216 Å². The first-order valence-electron chi connectivity index (χ1n) is 12.3. The Morgan fingerprint density at radius 3 is 2.24 bits per heavy atom. The van der Waals surface area contributed by atoms with Crippen molar-refractivity contribution in [2.75, 3.05) is 26.3 Å². The van der Waals surface area contributed by atoms with Gasteiger partial charge in [-0.05, 0) is 28.3 Å². The van der Waals surface area contributed by atoms with E-state index >= 15 is 0 Å². The summed E-state index contributed by atoms with van der Waals surface area (Å²) in [6.45, 7) is 4.33. The van der Waals surface area contributed by atoms with Crippen molar-refractivity contribution in [3.8, 4) is 0 Å². The van der Waals surface area contributed by atoms with Crippen LogP contribution in [0.2, 0.25) is 0 Å². The van der Waals surface area contributed by atoms with Crippen molar-refractivity contribution in [1.82, 2.24) is 10.2 Å². The van der Waals surface area contributed by atoms with Crippen LogP contribution in [-0.4, -0.2) is 54.8 Å². The molecule has 0 aromatic heterocycles. The van der Waals surface area contributed by atoms with Crippen LogP contribution in [0.25, 0.3) is 12.2 Å². The molecule has 0 radical (unpaired) electrons. The van der Waals surface area contributed by atoms with Crippen LogP contribution in [0.5, 0.6) is 0 Å². The van der Waals surface area contributed by atoms with Gasteiger partial charge in [0.25, 0.3) is 11.8 Å². The molecule has 0 spiro atoms. The fraction of sp³-hybridized carbons (Fsp3) is 0.233. The quantitative estimate of drug-likeness (QED) is 0.331. The number of carbonyl (C=O) groups excluding carboxylic acids is 3. The fourth-order valence-electron chi connectivity index (χ4n) is 4.25. The lowest BCUT2D eigenvalue weighted by molar-refractivity contribution is -0.137. The van der Waals surface area contributed by atoms with Crippen molar-refractivity contribution in [2.45, 2.75) is 19.0 Å². The number of hydrogen-bond donors (Lipinski definition) is 2. The van der Waals surface area contributed by atoms with E-state index in [1.54, 1.807) is 12.1 Å². The van der Waals surface area contributed by atoms with E-state index in [0.717, 1.165) is 44.0 Å². The summed E-state index contributed by atoms with van der Waals surface area (Å²) in [5.74, 6) is -2.36. The third-order valence-electron chi connectivity index (χ3n) is 6.30. The van der Waals surface area contributed by atoms with E-state index in [9.17, 15) is 14.4 Å².